The van der Waals surface area contributed by atoms with Crippen molar-refractivity contribution in [3.05, 3.63) is 47.3 Å². The van der Waals surface area contributed by atoms with Crippen LogP contribution in [0.25, 0.3) is 0 Å². The van der Waals surface area contributed by atoms with E-state index in [-0.39, 0.29) is 6.04 Å². The van der Waals surface area contributed by atoms with Crippen molar-refractivity contribution in [3.63, 3.8) is 0 Å². The number of piperidine rings is 1. The Labute approximate surface area is 144 Å². The lowest BCUT2D eigenvalue weighted by molar-refractivity contribution is 0.127. The average molecular weight is 328 g/mol. The largest absolute Gasteiger partial charge is 0.396 e. The molecule has 1 aromatic heterocycles. The Kier molecular flexibility index (Phi) is 5.53. The van der Waals surface area contributed by atoms with E-state index in [0.29, 0.717) is 12.5 Å². The summed E-state index contributed by atoms with van der Waals surface area (Å²) in [4.78, 5) is 2.49. The lowest BCUT2D eigenvalue weighted by Crippen LogP contribution is -2.34. The Hall–Kier alpha value is -1.85. The van der Waals surface area contributed by atoms with Crippen molar-refractivity contribution in [1.82, 2.24) is 15.1 Å². The summed E-state index contributed by atoms with van der Waals surface area (Å²) in [5.41, 5.74) is 4.83. The van der Waals surface area contributed by atoms with Crippen molar-refractivity contribution in [1.29, 1.82) is 0 Å². The molecule has 0 spiro atoms. The quantitative estimate of drug-likeness (QED) is 0.762. The predicted octanol–water partition coefficient (Wildman–Crippen LogP) is 3.10. The predicted molar refractivity (Wildman–Crippen MR) is 96.9 cm³/mol. The molecule has 5 heteroatoms. The van der Waals surface area contributed by atoms with E-state index in [4.69, 9.17) is 0 Å². The fraction of sp³-hybridized carbons (Fsp3) is 0.526. The number of aliphatic hydroxyl groups is 1. The Morgan fingerprint density at radius 1 is 1.33 bits per heavy atom. The molecule has 3 N–H and O–H groups in total. The highest BCUT2D eigenvalue weighted by atomic mass is 16.3. The van der Waals surface area contributed by atoms with Crippen LogP contribution in [0, 0.1) is 12.8 Å². The Balaban J connectivity index is 1.66. The molecule has 2 heterocycles. The van der Waals surface area contributed by atoms with E-state index in [1.807, 2.05) is 6.20 Å². The molecule has 5 nitrogen and oxygen atoms in total. The van der Waals surface area contributed by atoms with Gasteiger partial charge in [0, 0.05) is 30.1 Å². The van der Waals surface area contributed by atoms with Gasteiger partial charge in [-0.3, -0.25) is 10.00 Å². The van der Waals surface area contributed by atoms with Crippen LogP contribution >= 0.6 is 0 Å². The van der Waals surface area contributed by atoms with Crippen molar-refractivity contribution in [2.75, 3.05) is 25.0 Å². The van der Waals surface area contributed by atoms with Crippen LogP contribution in [-0.2, 0) is 6.54 Å². The minimum Gasteiger partial charge on any atom is -0.396 e. The number of nitrogens with zero attached hydrogens (tertiary/aromatic N) is 2. The highest BCUT2D eigenvalue weighted by Gasteiger charge is 2.19. The molecule has 3 rings (SSSR count). The summed E-state index contributed by atoms with van der Waals surface area (Å²) in [6.45, 7) is 7.64. The summed E-state index contributed by atoms with van der Waals surface area (Å²) in [6.07, 6.45) is 4.09. The van der Waals surface area contributed by atoms with Gasteiger partial charge in [0.2, 0.25) is 0 Å². The van der Waals surface area contributed by atoms with E-state index in [1.54, 1.807) is 0 Å². The van der Waals surface area contributed by atoms with Crippen LogP contribution in [0.5, 0.6) is 0 Å². The second kappa shape index (κ2) is 7.81. The second-order valence-electron chi connectivity index (χ2n) is 6.88. The zero-order chi connectivity index (χ0) is 16.9. The first-order valence-corrected chi connectivity index (χ1v) is 8.85. The van der Waals surface area contributed by atoms with Gasteiger partial charge in [-0.2, -0.15) is 5.10 Å². The third-order valence-corrected chi connectivity index (χ3v) is 5.08. The Morgan fingerprint density at radius 2 is 2.08 bits per heavy atom. The van der Waals surface area contributed by atoms with Crippen molar-refractivity contribution in [2.45, 2.75) is 39.3 Å². The molecule has 1 aliphatic rings. The normalized spacial score (nSPS) is 17.8. The summed E-state index contributed by atoms with van der Waals surface area (Å²) in [7, 11) is 0. The number of anilines is 1. The maximum Gasteiger partial charge on any atom is 0.0542 e. The van der Waals surface area contributed by atoms with Gasteiger partial charge in [-0.1, -0.05) is 18.2 Å². The number of H-pyrrole nitrogens is 1. The molecule has 0 bridgehead atoms. The number of aliphatic hydroxyl groups excluding tert-OH is 1. The molecule has 0 aliphatic carbocycles. The summed E-state index contributed by atoms with van der Waals surface area (Å²) < 4.78 is 0. The molecule has 1 saturated heterocycles. The van der Waals surface area contributed by atoms with E-state index in [2.05, 4.69) is 58.5 Å². The van der Waals surface area contributed by atoms with Crippen LogP contribution in [0.3, 0.4) is 0 Å². The average Bonchev–Trinajstić information content (AvgIpc) is 3.03. The van der Waals surface area contributed by atoms with Gasteiger partial charge in [-0.05, 0) is 57.3 Å². The summed E-state index contributed by atoms with van der Waals surface area (Å²) in [5, 5.41) is 20.1. The molecule has 24 heavy (non-hydrogen) atoms. The Morgan fingerprint density at radius 3 is 2.75 bits per heavy atom. The van der Waals surface area contributed by atoms with Crippen LogP contribution in [0.2, 0.25) is 0 Å². The summed E-state index contributed by atoms with van der Waals surface area (Å²) in [5.74, 6) is 0.485. The molecule has 0 saturated carbocycles. The third kappa shape index (κ3) is 3.97. The molecule has 1 aliphatic heterocycles. The van der Waals surface area contributed by atoms with Crippen LogP contribution in [0.1, 0.15) is 42.6 Å². The van der Waals surface area contributed by atoms with Gasteiger partial charge < -0.3 is 10.4 Å². The zero-order valence-electron chi connectivity index (χ0n) is 14.6. The minimum absolute atomic E-state index is 0.213. The van der Waals surface area contributed by atoms with Crippen molar-refractivity contribution < 1.29 is 5.11 Å². The van der Waals surface area contributed by atoms with Crippen LogP contribution < -0.4 is 5.32 Å². The number of hydrogen-bond acceptors (Lipinski definition) is 4. The number of aromatic nitrogens is 2. The molecular formula is C19H28N4O. The molecule has 2 aromatic rings. The lowest BCUT2D eigenvalue weighted by Gasteiger charge is -2.31. The van der Waals surface area contributed by atoms with Gasteiger partial charge in [0.25, 0.3) is 0 Å². The topological polar surface area (TPSA) is 64.2 Å². The minimum atomic E-state index is 0.213. The zero-order valence-corrected chi connectivity index (χ0v) is 14.6. The number of benzene rings is 1. The molecule has 0 radical (unpaired) electrons. The van der Waals surface area contributed by atoms with Gasteiger partial charge >= 0.3 is 0 Å². The molecule has 1 aromatic carbocycles. The smallest absolute Gasteiger partial charge is 0.0542 e. The van der Waals surface area contributed by atoms with Crippen molar-refractivity contribution in [3.8, 4) is 0 Å². The number of para-hydroxylation sites is 1. The number of rotatable bonds is 6. The van der Waals surface area contributed by atoms with Crippen molar-refractivity contribution in [2.24, 2.45) is 5.92 Å². The fourth-order valence-corrected chi connectivity index (χ4v) is 3.47. The van der Waals surface area contributed by atoms with Gasteiger partial charge in [-0.15, -0.1) is 0 Å². The maximum atomic E-state index is 9.29. The van der Waals surface area contributed by atoms with E-state index in [0.717, 1.165) is 38.2 Å². The monoisotopic (exact) mass is 328 g/mol. The maximum absolute atomic E-state index is 9.29. The molecule has 1 unspecified atom stereocenters. The van der Waals surface area contributed by atoms with Gasteiger partial charge in [0.15, 0.2) is 0 Å². The summed E-state index contributed by atoms with van der Waals surface area (Å²) in [6, 6.07) is 8.76. The standard InChI is InChI=1S/C19H28N4O/c1-14(18-11-20-22-15(18)2)21-19-6-4-3-5-17(19)12-23-9-7-16(13-24)8-10-23/h3-6,11,14,16,21,24H,7-10,12-13H2,1-2H3,(H,20,22). The first-order chi connectivity index (χ1) is 11.7. The van der Waals surface area contributed by atoms with E-state index in [1.165, 1.54) is 16.8 Å². The van der Waals surface area contributed by atoms with Crippen molar-refractivity contribution >= 4 is 5.69 Å². The van der Waals surface area contributed by atoms with E-state index in [9.17, 15) is 5.11 Å². The van der Waals surface area contributed by atoms with Crippen LogP contribution in [-0.4, -0.2) is 39.9 Å². The molecule has 1 atom stereocenters. The van der Waals surface area contributed by atoms with Gasteiger partial charge in [-0.25, -0.2) is 0 Å². The third-order valence-electron chi connectivity index (χ3n) is 5.08. The summed E-state index contributed by atoms with van der Waals surface area (Å²) >= 11 is 0. The lowest BCUT2D eigenvalue weighted by atomic mass is 9.97. The highest BCUT2D eigenvalue weighted by molar-refractivity contribution is 5.52. The molecule has 0 amide bonds. The number of aryl methyl sites for hydroxylation is 1. The number of hydrogen-bond donors (Lipinski definition) is 3. The first kappa shape index (κ1) is 17.0. The fourth-order valence-electron chi connectivity index (χ4n) is 3.47. The van der Waals surface area contributed by atoms with Gasteiger partial charge in [0.1, 0.15) is 0 Å². The second-order valence-corrected chi connectivity index (χ2v) is 6.88. The SMILES string of the molecule is Cc1[nH]ncc1C(C)Nc1ccccc1CN1CCC(CO)CC1. The number of nitrogens with one attached hydrogen (secondary N) is 2. The number of aromatic amines is 1. The molecule has 130 valence electrons. The van der Waals surface area contributed by atoms with Crippen LogP contribution in [0.15, 0.2) is 30.5 Å². The molecule has 1 fully saturated rings. The van der Waals surface area contributed by atoms with Gasteiger partial charge in [0.05, 0.1) is 12.2 Å². The molecular weight excluding hydrogens is 300 g/mol. The highest BCUT2D eigenvalue weighted by Crippen LogP contribution is 2.26. The van der Waals surface area contributed by atoms with E-state index >= 15 is 0 Å². The Bertz CT molecular complexity index is 646. The number of likely N-dealkylation sites (tertiary alicyclic amines) is 1. The first-order valence-electron chi connectivity index (χ1n) is 8.85. The van der Waals surface area contributed by atoms with E-state index < -0.39 is 0 Å². The van der Waals surface area contributed by atoms with Crippen LogP contribution in [0.4, 0.5) is 5.69 Å².